The molecular formula is C14H19N5O2. The fraction of sp³-hybridized carbons (Fsp3) is 0.357. The van der Waals surface area contributed by atoms with Crippen molar-refractivity contribution < 1.29 is 9.47 Å². The minimum atomic E-state index is 0.286. The number of para-hydroxylation sites is 2. The number of rotatable bonds is 6. The molecule has 0 aliphatic heterocycles. The van der Waals surface area contributed by atoms with Crippen LogP contribution in [0.4, 0.5) is 17.6 Å². The van der Waals surface area contributed by atoms with Gasteiger partial charge in [-0.15, -0.1) is 0 Å². The van der Waals surface area contributed by atoms with Crippen molar-refractivity contribution in [2.45, 2.75) is 6.92 Å². The first-order valence-electron chi connectivity index (χ1n) is 6.63. The Morgan fingerprint density at radius 2 is 1.95 bits per heavy atom. The van der Waals surface area contributed by atoms with Crippen molar-refractivity contribution in [1.82, 2.24) is 15.0 Å². The SMILES string of the molecule is CCOc1nc(NC)nc(N(C)c2ccccc2OC)n1. The molecule has 0 atom stereocenters. The van der Waals surface area contributed by atoms with Crippen LogP contribution < -0.4 is 19.7 Å². The van der Waals surface area contributed by atoms with Gasteiger partial charge in [-0.05, 0) is 19.1 Å². The lowest BCUT2D eigenvalue weighted by molar-refractivity contribution is 0.312. The van der Waals surface area contributed by atoms with Crippen LogP contribution in [0.1, 0.15) is 6.92 Å². The standard InChI is InChI=1S/C14H19N5O2/c1-5-21-14-17-12(15-2)16-13(18-14)19(3)10-8-6-7-9-11(10)20-4/h6-9H,5H2,1-4H3,(H,15,16,17,18). The highest BCUT2D eigenvalue weighted by Crippen LogP contribution is 2.31. The summed E-state index contributed by atoms with van der Waals surface area (Å²) < 4.78 is 10.7. The van der Waals surface area contributed by atoms with Crippen molar-refractivity contribution >= 4 is 17.6 Å². The predicted octanol–water partition coefficient (Wildman–Crippen LogP) is 2.09. The van der Waals surface area contributed by atoms with Gasteiger partial charge in [0.2, 0.25) is 11.9 Å². The molecule has 0 radical (unpaired) electrons. The summed E-state index contributed by atoms with van der Waals surface area (Å²) in [6.07, 6.45) is 0. The molecule has 0 amide bonds. The van der Waals surface area contributed by atoms with Gasteiger partial charge < -0.3 is 19.7 Å². The number of aromatic nitrogens is 3. The van der Waals surface area contributed by atoms with Gasteiger partial charge in [0, 0.05) is 14.1 Å². The lowest BCUT2D eigenvalue weighted by atomic mass is 10.3. The molecule has 7 heteroatoms. The van der Waals surface area contributed by atoms with Crippen LogP contribution in [0.3, 0.4) is 0 Å². The number of hydrogen-bond acceptors (Lipinski definition) is 7. The van der Waals surface area contributed by atoms with Crippen molar-refractivity contribution in [3.8, 4) is 11.8 Å². The molecule has 0 aliphatic carbocycles. The Kier molecular flexibility index (Phi) is 4.76. The van der Waals surface area contributed by atoms with Crippen molar-refractivity contribution in [2.24, 2.45) is 0 Å². The van der Waals surface area contributed by atoms with Crippen LogP contribution in [0.2, 0.25) is 0 Å². The lowest BCUT2D eigenvalue weighted by Crippen LogP contribution is -2.16. The van der Waals surface area contributed by atoms with Gasteiger partial charge in [-0.3, -0.25) is 0 Å². The van der Waals surface area contributed by atoms with Crippen LogP contribution in [0.15, 0.2) is 24.3 Å². The Labute approximate surface area is 124 Å². The topological polar surface area (TPSA) is 72.4 Å². The van der Waals surface area contributed by atoms with Crippen molar-refractivity contribution in [2.75, 3.05) is 38.0 Å². The quantitative estimate of drug-likeness (QED) is 0.872. The third-order valence-electron chi connectivity index (χ3n) is 2.85. The summed E-state index contributed by atoms with van der Waals surface area (Å²) in [5.74, 6) is 1.66. The molecule has 0 unspecified atom stereocenters. The fourth-order valence-corrected chi connectivity index (χ4v) is 1.82. The number of nitrogens with one attached hydrogen (secondary N) is 1. The van der Waals surface area contributed by atoms with Crippen LogP contribution in [0.5, 0.6) is 11.8 Å². The molecule has 112 valence electrons. The molecule has 2 aromatic rings. The van der Waals surface area contributed by atoms with Gasteiger partial charge in [-0.2, -0.15) is 15.0 Å². The zero-order valence-electron chi connectivity index (χ0n) is 12.6. The van der Waals surface area contributed by atoms with Crippen LogP contribution >= 0.6 is 0 Å². The van der Waals surface area contributed by atoms with Crippen LogP contribution in [-0.2, 0) is 0 Å². The lowest BCUT2D eigenvalue weighted by Gasteiger charge is -2.20. The smallest absolute Gasteiger partial charge is 0.323 e. The highest BCUT2D eigenvalue weighted by Gasteiger charge is 2.15. The number of methoxy groups -OCH3 is 1. The second-order valence-electron chi connectivity index (χ2n) is 4.16. The Bertz CT molecular complexity index is 606. The van der Waals surface area contributed by atoms with Gasteiger partial charge in [0.1, 0.15) is 5.75 Å². The van der Waals surface area contributed by atoms with E-state index in [0.717, 1.165) is 11.4 Å². The van der Waals surface area contributed by atoms with Gasteiger partial charge in [0.05, 0.1) is 19.4 Å². The summed E-state index contributed by atoms with van der Waals surface area (Å²) in [4.78, 5) is 14.6. The van der Waals surface area contributed by atoms with E-state index in [0.29, 0.717) is 18.5 Å². The summed E-state index contributed by atoms with van der Waals surface area (Å²) in [5.41, 5.74) is 0.857. The van der Waals surface area contributed by atoms with Crippen molar-refractivity contribution in [3.05, 3.63) is 24.3 Å². The van der Waals surface area contributed by atoms with Crippen LogP contribution in [-0.4, -0.2) is 42.8 Å². The van der Waals surface area contributed by atoms with E-state index in [9.17, 15) is 0 Å². The molecule has 0 spiro atoms. The number of hydrogen-bond donors (Lipinski definition) is 1. The van der Waals surface area contributed by atoms with E-state index in [1.807, 2.05) is 43.1 Å². The summed E-state index contributed by atoms with van der Waals surface area (Å²) in [7, 11) is 5.24. The average molecular weight is 289 g/mol. The maximum atomic E-state index is 5.37. The molecule has 2 rings (SSSR count). The highest BCUT2D eigenvalue weighted by molar-refractivity contribution is 5.65. The minimum absolute atomic E-state index is 0.286. The maximum absolute atomic E-state index is 5.37. The first kappa shape index (κ1) is 14.8. The van der Waals surface area contributed by atoms with E-state index >= 15 is 0 Å². The third-order valence-corrected chi connectivity index (χ3v) is 2.85. The Hall–Kier alpha value is -2.57. The Morgan fingerprint density at radius 3 is 2.62 bits per heavy atom. The number of ether oxygens (including phenoxy) is 2. The number of anilines is 3. The zero-order valence-corrected chi connectivity index (χ0v) is 12.6. The van der Waals surface area contributed by atoms with Gasteiger partial charge in [-0.1, -0.05) is 12.1 Å². The largest absolute Gasteiger partial charge is 0.495 e. The molecule has 7 nitrogen and oxygen atoms in total. The third kappa shape index (κ3) is 3.31. The Balaban J connectivity index is 2.42. The van der Waals surface area contributed by atoms with Crippen LogP contribution in [0, 0.1) is 0 Å². The molecule has 0 saturated carbocycles. The van der Waals surface area contributed by atoms with E-state index in [4.69, 9.17) is 9.47 Å². The van der Waals surface area contributed by atoms with Gasteiger partial charge in [-0.25, -0.2) is 0 Å². The molecule has 1 aromatic heterocycles. The molecule has 1 aromatic carbocycles. The van der Waals surface area contributed by atoms with Crippen molar-refractivity contribution in [1.29, 1.82) is 0 Å². The molecule has 0 bridgehead atoms. The van der Waals surface area contributed by atoms with E-state index < -0.39 is 0 Å². The second-order valence-corrected chi connectivity index (χ2v) is 4.16. The molecule has 0 aliphatic rings. The van der Waals surface area contributed by atoms with Gasteiger partial charge in [0.15, 0.2) is 0 Å². The monoisotopic (exact) mass is 289 g/mol. The normalized spacial score (nSPS) is 10.1. The molecule has 0 fully saturated rings. The molecule has 1 N–H and O–H groups in total. The van der Waals surface area contributed by atoms with Gasteiger partial charge >= 0.3 is 6.01 Å². The van der Waals surface area contributed by atoms with E-state index in [1.165, 1.54) is 0 Å². The molecule has 1 heterocycles. The van der Waals surface area contributed by atoms with E-state index in [2.05, 4.69) is 20.3 Å². The second kappa shape index (κ2) is 6.74. The first-order valence-corrected chi connectivity index (χ1v) is 6.63. The van der Waals surface area contributed by atoms with Crippen LogP contribution in [0.25, 0.3) is 0 Å². The maximum Gasteiger partial charge on any atom is 0.323 e. The summed E-state index contributed by atoms with van der Waals surface area (Å²) in [6, 6.07) is 7.94. The molecule has 21 heavy (non-hydrogen) atoms. The van der Waals surface area contributed by atoms with Crippen molar-refractivity contribution in [3.63, 3.8) is 0 Å². The zero-order chi connectivity index (χ0) is 15.2. The average Bonchev–Trinajstić information content (AvgIpc) is 2.54. The molecule has 0 saturated heterocycles. The number of nitrogens with zero attached hydrogens (tertiary/aromatic N) is 4. The summed E-state index contributed by atoms with van der Waals surface area (Å²) >= 11 is 0. The van der Waals surface area contributed by atoms with E-state index in [1.54, 1.807) is 14.2 Å². The first-order chi connectivity index (χ1) is 10.2. The highest BCUT2D eigenvalue weighted by atomic mass is 16.5. The Morgan fingerprint density at radius 1 is 1.19 bits per heavy atom. The predicted molar refractivity (Wildman–Crippen MR) is 81.6 cm³/mol. The molecular weight excluding hydrogens is 270 g/mol. The van der Waals surface area contributed by atoms with Gasteiger partial charge in [0.25, 0.3) is 0 Å². The fourth-order valence-electron chi connectivity index (χ4n) is 1.82. The summed E-state index contributed by atoms with van der Waals surface area (Å²) in [5, 5.41) is 2.90. The summed E-state index contributed by atoms with van der Waals surface area (Å²) in [6.45, 7) is 2.37. The minimum Gasteiger partial charge on any atom is -0.495 e. The number of benzene rings is 1. The van der Waals surface area contributed by atoms with E-state index in [-0.39, 0.29) is 6.01 Å².